The highest BCUT2D eigenvalue weighted by Crippen LogP contribution is 2.52. The van der Waals surface area contributed by atoms with E-state index in [1.807, 2.05) is 109 Å². The van der Waals surface area contributed by atoms with Gasteiger partial charge >= 0.3 is 0 Å². The van der Waals surface area contributed by atoms with Crippen LogP contribution in [0, 0.1) is 0 Å². The Balaban J connectivity index is 1.56. The van der Waals surface area contributed by atoms with Crippen LogP contribution in [0.1, 0.15) is 0 Å². The van der Waals surface area contributed by atoms with Crippen LogP contribution in [0.4, 0.5) is 17.1 Å². The molecular formula is C30H22NO2P. The summed E-state index contributed by atoms with van der Waals surface area (Å²) in [6.07, 6.45) is 0. The topological polar surface area (TPSA) is 29.5 Å². The molecule has 0 fully saturated rings. The average molecular weight is 459 g/mol. The lowest BCUT2D eigenvalue weighted by Crippen LogP contribution is -2.30. The molecule has 0 spiro atoms. The third kappa shape index (κ3) is 3.34. The van der Waals surface area contributed by atoms with Gasteiger partial charge in [-0.05, 0) is 48.5 Å². The van der Waals surface area contributed by atoms with Crippen LogP contribution in [0.25, 0.3) is 0 Å². The summed E-state index contributed by atoms with van der Waals surface area (Å²) in [6.45, 7) is 0. The summed E-state index contributed by atoms with van der Waals surface area (Å²) in [6, 6.07) is 43.8. The second-order valence-corrected chi connectivity index (χ2v) is 10.9. The van der Waals surface area contributed by atoms with Gasteiger partial charge in [0, 0.05) is 28.4 Å². The fraction of sp³-hybridized carbons (Fsp3) is 0. The van der Waals surface area contributed by atoms with E-state index < -0.39 is 7.14 Å². The molecule has 0 bridgehead atoms. The van der Waals surface area contributed by atoms with Crippen molar-refractivity contribution in [1.29, 1.82) is 0 Å². The largest absolute Gasteiger partial charge is 0.456 e. The van der Waals surface area contributed by atoms with Crippen LogP contribution in [0.2, 0.25) is 0 Å². The fourth-order valence-corrected chi connectivity index (χ4v) is 7.39. The van der Waals surface area contributed by atoms with Crippen molar-refractivity contribution in [3.8, 4) is 11.5 Å². The molecule has 0 N–H and O–H groups in total. The number of benzene rings is 5. The first-order valence-corrected chi connectivity index (χ1v) is 12.9. The molecule has 0 radical (unpaired) electrons. The molecule has 0 saturated heterocycles. The van der Waals surface area contributed by atoms with Gasteiger partial charge in [0.15, 0.2) is 7.14 Å². The Labute approximate surface area is 199 Å². The highest BCUT2D eigenvalue weighted by Gasteiger charge is 2.39. The van der Waals surface area contributed by atoms with Crippen molar-refractivity contribution >= 4 is 40.1 Å². The summed E-state index contributed by atoms with van der Waals surface area (Å²) in [4.78, 5) is 2.18. The predicted molar refractivity (Wildman–Crippen MR) is 141 cm³/mol. The van der Waals surface area contributed by atoms with Crippen LogP contribution in [-0.2, 0) is 4.57 Å². The Morgan fingerprint density at radius 3 is 1.68 bits per heavy atom. The van der Waals surface area contributed by atoms with Crippen LogP contribution in [0.5, 0.6) is 11.5 Å². The molecular weight excluding hydrogens is 437 g/mol. The minimum atomic E-state index is -3.08. The molecule has 1 unspecified atom stereocenters. The van der Waals surface area contributed by atoms with E-state index in [0.29, 0.717) is 11.5 Å². The van der Waals surface area contributed by atoms with Crippen LogP contribution < -0.4 is 25.6 Å². The monoisotopic (exact) mass is 459 g/mol. The van der Waals surface area contributed by atoms with E-state index in [1.165, 1.54) is 0 Å². The summed E-state index contributed by atoms with van der Waals surface area (Å²) in [5, 5.41) is 2.27. The Bertz CT molecular complexity index is 1460. The van der Waals surface area contributed by atoms with Crippen LogP contribution >= 0.6 is 7.14 Å². The van der Waals surface area contributed by atoms with Crippen molar-refractivity contribution in [3.63, 3.8) is 0 Å². The number of para-hydroxylation sites is 3. The van der Waals surface area contributed by atoms with Gasteiger partial charge in [-0.25, -0.2) is 0 Å². The van der Waals surface area contributed by atoms with Crippen molar-refractivity contribution < 1.29 is 9.30 Å². The van der Waals surface area contributed by atoms with Crippen LogP contribution in [0.3, 0.4) is 0 Å². The van der Waals surface area contributed by atoms with Crippen molar-refractivity contribution in [2.24, 2.45) is 0 Å². The molecule has 164 valence electrons. The van der Waals surface area contributed by atoms with Gasteiger partial charge < -0.3 is 14.2 Å². The van der Waals surface area contributed by atoms with Gasteiger partial charge in [0.2, 0.25) is 0 Å². The number of nitrogens with zero attached hydrogens (tertiary/aromatic N) is 1. The molecule has 4 heteroatoms. The smallest absolute Gasteiger partial charge is 0.178 e. The molecule has 3 nitrogen and oxygen atoms in total. The van der Waals surface area contributed by atoms with E-state index in [0.717, 1.165) is 33.0 Å². The summed E-state index contributed by atoms with van der Waals surface area (Å²) in [5.74, 6) is 1.27. The fourth-order valence-electron chi connectivity index (χ4n) is 4.55. The number of anilines is 3. The number of hydrogen-bond donors (Lipinski definition) is 0. The van der Waals surface area contributed by atoms with Gasteiger partial charge in [-0.3, -0.25) is 0 Å². The maximum atomic E-state index is 14.8. The summed E-state index contributed by atoms with van der Waals surface area (Å²) < 4.78 is 21.2. The van der Waals surface area contributed by atoms with Crippen molar-refractivity contribution in [3.05, 3.63) is 133 Å². The zero-order valence-corrected chi connectivity index (χ0v) is 19.3. The van der Waals surface area contributed by atoms with Gasteiger partial charge in [-0.2, -0.15) is 0 Å². The third-order valence-electron chi connectivity index (χ3n) is 6.11. The average Bonchev–Trinajstić information content (AvgIpc) is 2.91. The number of ether oxygens (including phenoxy) is 1. The van der Waals surface area contributed by atoms with Crippen molar-refractivity contribution in [1.82, 2.24) is 0 Å². The van der Waals surface area contributed by atoms with Gasteiger partial charge in [-0.1, -0.05) is 78.9 Å². The van der Waals surface area contributed by atoms with E-state index in [-0.39, 0.29) is 0 Å². The van der Waals surface area contributed by atoms with Gasteiger partial charge in [0.05, 0.1) is 10.6 Å². The molecule has 0 saturated carbocycles. The van der Waals surface area contributed by atoms with Crippen molar-refractivity contribution in [2.75, 3.05) is 4.90 Å². The van der Waals surface area contributed by atoms with Crippen molar-refractivity contribution in [2.45, 2.75) is 0 Å². The third-order valence-corrected chi connectivity index (χ3v) is 9.24. The molecule has 1 heterocycles. The minimum absolute atomic E-state index is 0.625. The lowest BCUT2D eigenvalue weighted by Gasteiger charge is -2.31. The molecule has 5 aromatic carbocycles. The lowest BCUT2D eigenvalue weighted by atomic mass is 10.2. The molecule has 1 aliphatic heterocycles. The second-order valence-electron chi connectivity index (χ2n) is 8.17. The first kappa shape index (κ1) is 20.5. The zero-order chi connectivity index (χ0) is 23.0. The number of hydrogen-bond acceptors (Lipinski definition) is 3. The maximum Gasteiger partial charge on any atom is 0.178 e. The Morgan fingerprint density at radius 1 is 0.500 bits per heavy atom. The SMILES string of the molecule is O=P1(c2ccccc2)c2ccccc2Oc2cc(N(c3ccccc3)c3ccccc3)ccc21. The van der Waals surface area contributed by atoms with E-state index >= 15 is 0 Å². The number of fused-ring (bicyclic) bond motifs is 2. The molecule has 34 heavy (non-hydrogen) atoms. The second kappa shape index (κ2) is 8.37. The Hall–Kier alpha value is -4.07. The van der Waals surface area contributed by atoms with E-state index in [2.05, 4.69) is 29.2 Å². The first-order valence-electron chi connectivity index (χ1n) is 11.2. The van der Waals surface area contributed by atoms with Crippen LogP contribution in [-0.4, -0.2) is 0 Å². The molecule has 1 aliphatic rings. The van der Waals surface area contributed by atoms with Gasteiger partial charge in [-0.15, -0.1) is 0 Å². The number of rotatable bonds is 4. The Morgan fingerprint density at radius 2 is 1.03 bits per heavy atom. The predicted octanol–water partition coefficient (Wildman–Crippen LogP) is 6.90. The normalized spacial score (nSPS) is 16.1. The standard InChI is InChI=1S/C30H22NO2P/c32-34(26-16-8-3-9-17-26)29-19-11-10-18-27(29)33-28-22-25(20-21-30(28)34)31(23-12-4-1-5-13-23)24-14-6-2-7-15-24/h1-22H. The summed E-state index contributed by atoms with van der Waals surface area (Å²) in [7, 11) is -3.08. The maximum absolute atomic E-state index is 14.8. The highest BCUT2D eigenvalue weighted by molar-refractivity contribution is 7.85. The molecule has 6 rings (SSSR count). The minimum Gasteiger partial charge on any atom is -0.456 e. The van der Waals surface area contributed by atoms with Gasteiger partial charge in [0.25, 0.3) is 0 Å². The first-order chi connectivity index (χ1) is 16.7. The molecule has 0 aromatic heterocycles. The summed E-state index contributed by atoms with van der Waals surface area (Å²) >= 11 is 0. The quantitative estimate of drug-likeness (QED) is 0.269. The highest BCUT2D eigenvalue weighted by atomic mass is 31.2. The van der Waals surface area contributed by atoms with Crippen LogP contribution in [0.15, 0.2) is 133 Å². The van der Waals surface area contributed by atoms with E-state index in [9.17, 15) is 4.57 Å². The van der Waals surface area contributed by atoms with Gasteiger partial charge in [0.1, 0.15) is 11.5 Å². The molecule has 5 aromatic rings. The lowest BCUT2D eigenvalue weighted by molar-refractivity contribution is 0.485. The zero-order valence-electron chi connectivity index (χ0n) is 18.4. The van der Waals surface area contributed by atoms with E-state index in [4.69, 9.17) is 4.74 Å². The Kier molecular flexibility index (Phi) is 5.05. The van der Waals surface area contributed by atoms with E-state index in [1.54, 1.807) is 0 Å². The molecule has 0 aliphatic carbocycles. The molecule has 0 amide bonds. The summed E-state index contributed by atoms with van der Waals surface area (Å²) in [5.41, 5.74) is 3.02. The molecule has 1 atom stereocenters.